The fourth-order valence-corrected chi connectivity index (χ4v) is 3.75. The maximum atomic E-state index is 12.4. The lowest BCUT2D eigenvalue weighted by Gasteiger charge is -2.32. The number of thiophene rings is 1. The van der Waals surface area contributed by atoms with Gasteiger partial charge in [0.15, 0.2) is 5.78 Å². The first kappa shape index (κ1) is 16.8. The van der Waals surface area contributed by atoms with Crippen molar-refractivity contribution in [1.29, 1.82) is 0 Å². The summed E-state index contributed by atoms with van der Waals surface area (Å²) in [4.78, 5) is 31.6. The van der Waals surface area contributed by atoms with E-state index in [-0.39, 0.29) is 17.7 Å². The summed E-state index contributed by atoms with van der Waals surface area (Å²) in [5.74, 6) is -0.0876. The molecule has 126 valence electrons. The molecule has 1 unspecified atom stereocenters. The molecule has 5 nitrogen and oxygen atoms in total. The molecule has 0 aromatic carbocycles. The second kappa shape index (κ2) is 7.68. The summed E-state index contributed by atoms with van der Waals surface area (Å²) in [7, 11) is 0. The Morgan fingerprint density at radius 1 is 1.29 bits per heavy atom. The number of ketones is 1. The standard InChI is InChI=1S/C18H21N3O2S/c1-13(22)16-7-8-17(24-16)18(23)20-15-6-4-10-21(12-15)11-14-5-2-3-9-19-14/h2-3,5,7-9,15H,4,6,10-12H2,1H3,(H,20,23). The largest absolute Gasteiger partial charge is 0.347 e. The van der Waals surface area contributed by atoms with Crippen LogP contribution in [0.3, 0.4) is 0 Å². The molecule has 1 aliphatic rings. The number of piperidine rings is 1. The quantitative estimate of drug-likeness (QED) is 0.848. The second-order valence-electron chi connectivity index (χ2n) is 6.09. The van der Waals surface area contributed by atoms with E-state index in [0.717, 1.165) is 38.2 Å². The van der Waals surface area contributed by atoms with Gasteiger partial charge >= 0.3 is 0 Å². The molecule has 0 radical (unpaired) electrons. The van der Waals surface area contributed by atoms with E-state index in [1.54, 1.807) is 12.1 Å². The molecule has 2 aromatic heterocycles. The highest BCUT2D eigenvalue weighted by molar-refractivity contribution is 7.15. The van der Waals surface area contributed by atoms with Crippen molar-refractivity contribution in [3.63, 3.8) is 0 Å². The van der Waals surface area contributed by atoms with Crippen molar-refractivity contribution < 1.29 is 9.59 Å². The summed E-state index contributed by atoms with van der Waals surface area (Å²) in [5, 5.41) is 3.10. The molecule has 3 heterocycles. The van der Waals surface area contributed by atoms with Gasteiger partial charge in [-0.1, -0.05) is 6.07 Å². The minimum absolute atomic E-state index is 0.00162. The Morgan fingerprint density at radius 3 is 2.83 bits per heavy atom. The van der Waals surface area contributed by atoms with Gasteiger partial charge in [0, 0.05) is 25.3 Å². The number of rotatable bonds is 5. The highest BCUT2D eigenvalue weighted by atomic mass is 32.1. The number of pyridine rings is 1. The van der Waals surface area contributed by atoms with Crippen molar-refractivity contribution in [3.05, 3.63) is 52.0 Å². The Balaban J connectivity index is 1.56. The summed E-state index contributed by atoms with van der Waals surface area (Å²) < 4.78 is 0. The monoisotopic (exact) mass is 343 g/mol. The first-order chi connectivity index (χ1) is 11.6. The summed E-state index contributed by atoms with van der Waals surface area (Å²) in [5.41, 5.74) is 1.05. The van der Waals surface area contributed by atoms with Crippen LogP contribution in [0.5, 0.6) is 0 Å². The maximum absolute atomic E-state index is 12.4. The molecule has 0 saturated carbocycles. The molecule has 1 saturated heterocycles. The third-order valence-electron chi connectivity index (χ3n) is 4.13. The van der Waals surface area contributed by atoms with Crippen LogP contribution in [0.2, 0.25) is 0 Å². The average molecular weight is 343 g/mol. The Hall–Kier alpha value is -2.05. The van der Waals surface area contributed by atoms with Gasteiger partial charge in [0.2, 0.25) is 0 Å². The number of nitrogens with zero attached hydrogens (tertiary/aromatic N) is 2. The molecule has 0 bridgehead atoms. The highest BCUT2D eigenvalue weighted by Gasteiger charge is 2.23. The lowest BCUT2D eigenvalue weighted by atomic mass is 10.1. The Labute approximate surface area is 145 Å². The van der Waals surface area contributed by atoms with Crippen LogP contribution in [0.4, 0.5) is 0 Å². The van der Waals surface area contributed by atoms with Gasteiger partial charge in [-0.15, -0.1) is 11.3 Å². The molecule has 0 spiro atoms. The third kappa shape index (κ3) is 4.27. The van der Waals surface area contributed by atoms with Crippen LogP contribution in [-0.4, -0.2) is 40.7 Å². The molecule has 3 rings (SSSR count). The van der Waals surface area contributed by atoms with Crippen LogP contribution in [0.25, 0.3) is 0 Å². The van der Waals surface area contributed by atoms with Gasteiger partial charge in [0.05, 0.1) is 15.4 Å². The number of likely N-dealkylation sites (tertiary alicyclic amines) is 1. The Morgan fingerprint density at radius 2 is 2.12 bits per heavy atom. The van der Waals surface area contributed by atoms with E-state index in [9.17, 15) is 9.59 Å². The minimum atomic E-state index is -0.0859. The SMILES string of the molecule is CC(=O)c1ccc(C(=O)NC2CCCN(Cc3ccccn3)C2)s1. The molecule has 0 aliphatic carbocycles. The van der Waals surface area contributed by atoms with Crippen molar-refractivity contribution >= 4 is 23.0 Å². The van der Waals surface area contributed by atoms with E-state index in [2.05, 4.69) is 15.2 Å². The van der Waals surface area contributed by atoms with Crippen molar-refractivity contribution in [2.75, 3.05) is 13.1 Å². The number of aromatic nitrogens is 1. The van der Waals surface area contributed by atoms with Gasteiger partial charge < -0.3 is 5.32 Å². The maximum Gasteiger partial charge on any atom is 0.261 e. The van der Waals surface area contributed by atoms with Gasteiger partial charge in [-0.05, 0) is 50.6 Å². The number of hydrogen-bond acceptors (Lipinski definition) is 5. The van der Waals surface area contributed by atoms with Gasteiger partial charge in [-0.2, -0.15) is 0 Å². The molecule has 6 heteroatoms. The third-order valence-corrected chi connectivity index (χ3v) is 5.31. The lowest BCUT2D eigenvalue weighted by Crippen LogP contribution is -2.47. The van der Waals surface area contributed by atoms with Crippen LogP contribution in [0, 0.1) is 0 Å². The predicted molar refractivity (Wildman–Crippen MR) is 94.3 cm³/mol. The Bertz CT molecular complexity index is 714. The Kier molecular flexibility index (Phi) is 5.37. The fourth-order valence-electron chi connectivity index (χ4n) is 2.94. The molecule has 1 aliphatic heterocycles. The van der Waals surface area contributed by atoms with Crippen molar-refractivity contribution in [1.82, 2.24) is 15.2 Å². The van der Waals surface area contributed by atoms with Gasteiger partial charge in [-0.25, -0.2) is 0 Å². The zero-order chi connectivity index (χ0) is 16.9. The molecule has 24 heavy (non-hydrogen) atoms. The normalized spacial score (nSPS) is 18.3. The van der Waals surface area contributed by atoms with Gasteiger partial charge in [0.25, 0.3) is 5.91 Å². The van der Waals surface area contributed by atoms with E-state index >= 15 is 0 Å². The first-order valence-corrected chi connectivity index (χ1v) is 8.97. The minimum Gasteiger partial charge on any atom is -0.347 e. The zero-order valence-corrected chi connectivity index (χ0v) is 14.5. The number of carbonyl (C=O) groups is 2. The smallest absolute Gasteiger partial charge is 0.261 e. The molecule has 2 aromatic rings. The second-order valence-corrected chi connectivity index (χ2v) is 7.17. The number of carbonyl (C=O) groups excluding carboxylic acids is 2. The lowest BCUT2D eigenvalue weighted by molar-refractivity contribution is 0.0904. The molecule has 1 fully saturated rings. The van der Waals surface area contributed by atoms with Crippen LogP contribution in [0.1, 0.15) is 44.8 Å². The average Bonchev–Trinajstić information content (AvgIpc) is 3.06. The first-order valence-electron chi connectivity index (χ1n) is 8.16. The van der Waals surface area contributed by atoms with E-state index in [1.807, 2.05) is 24.4 Å². The van der Waals surface area contributed by atoms with Crippen LogP contribution < -0.4 is 5.32 Å². The van der Waals surface area contributed by atoms with Crippen LogP contribution >= 0.6 is 11.3 Å². The summed E-state index contributed by atoms with van der Waals surface area (Å²) in [6.45, 7) is 4.18. The zero-order valence-electron chi connectivity index (χ0n) is 13.7. The van der Waals surface area contributed by atoms with Crippen molar-refractivity contribution in [3.8, 4) is 0 Å². The summed E-state index contributed by atoms with van der Waals surface area (Å²) in [6.07, 6.45) is 3.85. The topological polar surface area (TPSA) is 62.3 Å². The van der Waals surface area contributed by atoms with Crippen LogP contribution in [0.15, 0.2) is 36.5 Å². The number of amides is 1. The number of nitrogens with one attached hydrogen (secondary N) is 1. The van der Waals surface area contributed by atoms with Crippen LogP contribution in [-0.2, 0) is 6.54 Å². The number of hydrogen-bond donors (Lipinski definition) is 1. The molecular formula is C18H21N3O2S. The molecule has 1 N–H and O–H groups in total. The van der Waals surface area contributed by atoms with Gasteiger partial charge in [0.1, 0.15) is 0 Å². The van der Waals surface area contributed by atoms with Gasteiger partial charge in [-0.3, -0.25) is 19.5 Å². The summed E-state index contributed by atoms with van der Waals surface area (Å²) in [6, 6.07) is 9.52. The molecule has 1 amide bonds. The summed E-state index contributed by atoms with van der Waals surface area (Å²) >= 11 is 1.26. The number of Topliss-reactive ketones (excluding diaryl/α,β-unsaturated/α-hetero) is 1. The van der Waals surface area contributed by atoms with Crippen molar-refractivity contribution in [2.45, 2.75) is 32.4 Å². The van der Waals surface area contributed by atoms with E-state index < -0.39 is 0 Å². The molecule has 1 atom stereocenters. The van der Waals surface area contributed by atoms with E-state index in [4.69, 9.17) is 0 Å². The van der Waals surface area contributed by atoms with Crippen molar-refractivity contribution in [2.24, 2.45) is 0 Å². The van der Waals surface area contributed by atoms with E-state index in [0.29, 0.717) is 9.75 Å². The molecular weight excluding hydrogens is 322 g/mol. The highest BCUT2D eigenvalue weighted by Crippen LogP contribution is 2.18. The predicted octanol–water partition coefficient (Wildman–Crippen LogP) is 2.74. The fraction of sp³-hybridized carbons (Fsp3) is 0.389. The van der Waals surface area contributed by atoms with E-state index in [1.165, 1.54) is 18.3 Å².